The Morgan fingerprint density at radius 1 is 1.28 bits per heavy atom. The van der Waals surface area contributed by atoms with Crippen molar-refractivity contribution in [1.82, 2.24) is 15.0 Å². The average molecular weight is 457 g/mol. The number of nitrogens with two attached hydrogens (primary N) is 1. The van der Waals surface area contributed by atoms with Crippen LogP contribution in [-0.4, -0.2) is 20.9 Å². The van der Waals surface area contributed by atoms with Crippen LogP contribution < -0.4 is 5.73 Å². The first-order valence-corrected chi connectivity index (χ1v) is 10.4. The van der Waals surface area contributed by atoms with Crippen LogP contribution in [0.2, 0.25) is 0 Å². The predicted molar refractivity (Wildman–Crippen MR) is 114 cm³/mol. The van der Waals surface area contributed by atoms with Crippen molar-refractivity contribution in [3.63, 3.8) is 0 Å². The zero-order valence-electron chi connectivity index (χ0n) is 16.2. The highest BCUT2D eigenvalue weighted by molar-refractivity contribution is 9.10. The van der Waals surface area contributed by atoms with Gasteiger partial charge in [0.15, 0.2) is 5.65 Å². The fraction of sp³-hybridized carbons (Fsp3) is 0.318. The van der Waals surface area contributed by atoms with Gasteiger partial charge in [-0.1, -0.05) is 31.2 Å². The summed E-state index contributed by atoms with van der Waals surface area (Å²) in [5, 5.41) is 0. The molecule has 2 aromatic heterocycles. The number of benzene rings is 1. The topological polar surface area (TPSA) is 84.7 Å². The van der Waals surface area contributed by atoms with Gasteiger partial charge in [0.2, 0.25) is 5.91 Å². The van der Waals surface area contributed by atoms with Crippen LogP contribution >= 0.6 is 15.9 Å². The second-order valence-corrected chi connectivity index (χ2v) is 8.58. The highest BCUT2D eigenvalue weighted by atomic mass is 79.9. The molecule has 1 saturated carbocycles. The third kappa shape index (κ3) is 3.59. The fourth-order valence-electron chi connectivity index (χ4n) is 4.37. The lowest BCUT2D eigenvalue weighted by atomic mass is 9.84. The minimum Gasteiger partial charge on any atom is -0.369 e. The molecule has 0 aliphatic heterocycles. The number of rotatable bonds is 2. The lowest BCUT2D eigenvalue weighted by Crippen LogP contribution is -2.31. The normalized spacial score (nSPS) is 24.6. The summed E-state index contributed by atoms with van der Waals surface area (Å²) in [6.07, 6.45) is 7.23. The molecule has 2 heterocycles. The SMILES string of the molecule is CC1C2C=CC(C2)C1C(N)=O.Cc1c(Br)cnc2nc(-c3ccccc3F)[nH]c12. The molecule has 4 atom stereocenters. The van der Waals surface area contributed by atoms with Gasteiger partial charge < -0.3 is 10.7 Å². The molecule has 5 rings (SSSR count). The van der Waals surface area contributed by atoms with Gasteiger partial charge in [0, 0.05) is 16.6 Å². The number of imidazole rings is 1. The summed E-state index contributed by atoms with van der Waals surface area (Å²) in [6.45, 7) is 4.08. The zero-order chi connectivity index (χ0) is 20.7. The number of pyridine rings is 1. The maximum Gasteiger partial charge on any atom is 0.221 e. The molecule has 3 aromatic rings. The lowest BCUT2D eigenvalue weighted by molar-refractivity contribution is -0.123. The summed E-state index contributed by atoms with van der Waals surface area (Å²) in [6, 6.07) is 6.54. The summed E-state index contributed by atoms with van der Waals surface area (Å²) in [4.78, 5) is 22.6. The Balaban J connectivity index is 0.000000159. The van der Waals surface area contributed by atoms with Crippen molar-refractivity contribution >= 4 is 33.0 Å². The third-order valence-corrected chi connectivity index (χ3v) is 6.83. The number of amides is 1. The quantitative estimate of drug-likeness (QED) is 0.544. The van der Waals surface area contributed by atoms with E-state index in [9.17, 15) is 9.18 Å². The number of hydrogen-bond acceptors (Lipinski definition) is 3. The third-order valence-electron chi connectivity index (χ3n) is 6.03. The number of aromatic nitrogens is 3. The predicted octanol–water partition coefficient (Wildman–Crippen LogP) is 4.76. The maximum absolute atomic E-state index is 13.7. The van der Waals surface area contributed by atoms with E-state index in [1.807, 2.05) is 6.92 Å². The summed E-state index contributed by atoms with van der Waals surface area (Å²) >= 11 is 3.41. The lowest BCUT2D eigenvalue weighted by Gasteiger charge is -2.20. The highest BCUT2D eigenvalue weighted by Crippen LogP contribution is 2.47. The van der Waals surface area contributed by atoms with Crippen molar-refractivity contribution in [2.24, 2.45) is 29.4 Å². The van der Waals surface area contributed by atoms with Crippen LogP contribution in [0.3, 0.4) is 0 Å². The highest BCUT2D eigenvalue weighted by Gasteiger charge is 2.44. The van der Waals surface area contributed by atoms with Crippen LogP contribution in [0.4, 0.5) is 4.39 Å². The minimum absolute atomic E-state index is 0.116. The second-order valence-electron chi connectivity index (χ2n) is 7.73. The van der Waals surface area contributed by atoms with Gasteiger partial charge in [-0.3, -0.25) is 4.79 Å². The summed E-state index contributed by atoms with van der Waals surface area (Å²) in [5.41, 5.74) is 8.17. The Bertz CT molecular complexity index is 1110. The molecule has 0 spiro atoms. The minimum atomic E-state index is -0.298. The Labute approximate surface area is 176 Å². The smallest absolute Gasteiger partial charge is 0.221 e. The van der Waals surface area contributed by atoms with E-state index in [2.05, 4.69) is 50.0 Å². The van der Waals surface area contributed by atoms with Crippen molar-refractivity contribution in [2.75, 3.05) is 0 Å². The molecule has 2 aliphatic rings. The van der Waals surface area contributed by atoms with E-state index in [4.69, 9.17) is 5.73 Å². The zero-order valence-corrected chi connectivity index (χ0v) is 17.8. The van der Waals surface area contributed by atoms with E-state index in [1.54, 1.807) is 24.4 Å². The van der Waals surface area contributed by atoms with Crippen LogP contribution in [0.5, 0.6) is 0 Å². The van der Waals surface area contributed by atoms with E-state index in [0.29, 0.717) is 34.8 Å². The number of fused-ring (bicyclic) bond motifs is 3. The molecule has 5 nitrogen and oxygen atoms in total. The van der Waals surface area contributed by atoms with Crippen LogP contribution in [0.25, 0.3) is 22.6 Å². The summed E-state index contributed by atoms with van der Waals surface area (Å²) < 4.78 is 14.6. The molecule has 1 aromatic carbocycles. The second kappa shape index (κ2) is 7.71. The molecule has 1 amide bonds. The monoisotopic (exact) mass is 456 g/mol. The van der Waals surface area contributed by atoms with Crippen molar-refractivity contribution in [2.45, 2.75) is 20.3 Å². The van der Waals surface area contributed by atoms with Gasteiger partial charge in [-0.2, -0.15) is 0 Å². The van der Waals surface area contributed by atoms with Gasteiger partial charge in [0.25, 0.3) is 0 Å². The molecule has 0 radical (unpaired) electrons. The molecule has 1 fully saturated rings. The number of nitrogens with one attached hydrogen (secondary N) is 1. The molecular formula is C22H22BrFN4O. The number of primary amides is 1. The summed E-state index contributed by atoms with van der Waals surface area (Å²) in [7, 11) is 0. The number of H-pyrrole nitrogens is 1. The van der Waals surface area contributed by atoms with Gasteiger partial charge in [-0.15, -0.1) is 0 Å². The Kier molecular flexibility index (Phi) is 5.25. The number of halogens is 2. The molecule has 150 valence electrons. The van der Waals surface area contributed by atoms with Gasteiger partial charge in [0.1, 0.15) is 11.6 Å². The van der Waals surface area contributed by atoms with Crippen molar-refractivity contribution in [3.05, 3.63) is 58.5 Å². The molecule has 2 bridgehead atoms. The van der Waals surface area contributed by atoms with Crippen LogP contribution in [0.1, 0.15) is 18.9 Å². The van der Waals surface area contributed by atoms with Crippen molar-refractivity contribution in [3.8, 4) is 11.4 Å². The van der Waals surface area contributed by atoms with Gasteiger partial charge >= 0.3 is 0 Å². The Hall–Kier alpha value is -2.54. The van der Waals surface area contributed by atoms with E-state index in [0.717, 1.165) is 22.0 Å². The first-order valence-electron chi connectivity index (χ1n) is 9.60. The molecule has 4 unspecified atom stereocenters. The number of nitrogens with zero attached hydrogens (tertiary/aromatic N) is 2. The van der Waals surface area contributed by atoms with Gasteiger partial charge in [0.05, 0.1) is 11.1 Å². The van der Waals surface area contributed by atoms with Crippen LogP contribution in [0, 0.1) is 36.4 Å². The van der Waals surface area contributed by atoms with E-state index >= 15 is 0 Å². The number of hydrogen-bond donors (Lipinski definition) is 2. The van der Waals surface area contributed by atoms with Crippen molar-refractivity contribution < 1.29 is 9.18 Å². The molecule has 29 heavy (non-hydrogen) atoms. The van der Waals surface area contributed by atoms with E-state index in [1.165, 1.54) is 6.07 Å². The maximum atomic E-state index is 13.7. The van der Waals surface area contributed by atoms with Gasteiger partial charge in [-0.05, 0) is 64.7 Å². The summed E-state index contributed by atoms with van der Waals surface area (Å²) in [5.74, 6) is 1.75. The molecule has 3 N–H and O–H groups in total. The number of carbonyl (C=O) groups excluding carboxylic acids is 1. The van der Waals surface area contributed by atoms with Crippen LogP contribution in [-0.2, 0) is 4.79 Å². The van der Waals surface area contributed by atoms with Crippen LogP contribution in [0.15, 0.2) is 47.1 Å². The molecule has 0 saturated heterocycles. The number of aromatic amines is 1. The fourth-order valence-corrected chi connectivity index (χ4v) is 4.67. The standard InChI is InChI=1S/C13H9BrFN3.C9H13NO/c1-7-9(14)6-16-13-11(7)17-12(18-13)8-4-2-3-5-10(8)15;1-5-6-2-3-7(4-6)8(5)9(10)11/h2-6H,1H3,(H,16,17,18);2-3,5-8H,4H2,1H3,(H2,10,11). The van der Waals surface area contributed by atoms with E-state index in [-0.39, 0.29) is 17.6 Å². The number of carbonyl (C=O) groups is 1. The Morgan fingerprint density at radius 2 is 2.00 bits per heavy atom. The first-order chi connectivity index (χ1) is 13.9. The number of aryl methyl sites for hydroxylation is 1. The van der Waals surface area contributed by atoms with Gasteiger partial charge in [-0.25, -0.2) is 14.4 Å². The average Bonchev–Trinajstić information content (AvgIpc) is 3.40. The largest absolute Gasteiger partial charge is 0.369 e. The first kappa shape index (κ1) is 19.8. The Morgan fingerprint density at radius 3 is 2.62 bits per heavy atom. The van der Waals surface area contributed by atoms with Crippen molar-refractivity contribution in [1.29, 1.82) is 0 Å². The molecule has 2 aliphatic carbocycles. The molecular weight excluding hydrogens is 435 g/mol. The number of allylic oxidation sites excluding steroid dienone is 2. The van der Waals surface area contributed by atoms with E-state index < -0.39 is 0 Å². The molecule has 7 heteroatoms.